The highest BCUT2D eigenvalue weighted by Crippen LogP contribution is 2.34. The molecule has 1 atom stereocenters. The second-order valence-corrected chi connectivity index (χ2v) is 5.96. The Labute approximate surface area is 129 Å². The number of halogens is 3. The first-order valence-corrected chi connectivity index (χ1v) is 7.66. The lowest BCUT2D eigenvalue weighted by atomic mass is 10.0. The van der Waals surface area contributed by atoms with Gasteiger partial charge in [0, 0.05) is 8.95 Å². The molecule has 0 aromatic heterocycles. The summed E-state index contributed by atoms with van der Waals surface area (Å²) in [5.41, 5.74) is 2.09. The molecule has 0 heterocycles. The Balaban J connectivity index is 2.26. The second-order valence-electron chi connectivity index (χ2n) is 4.25. The first-order valence-electron chi connectivity index (χ1n) is 6.08. The lowest BCUT2D eigenvalue weighted by molar-refractivity contribution is 0.625. The molecule has 0 aliphatic rings. The van der Waals surface area contributed by atoms with Gasteiger partial charge in [-0.2, -0.15) is 0 Å². The molecular formula is C15H14Br2FN. The van der Waals surface area contributed by atoms with E-state index in [4.69, 9.17) is 0 Å². The first kappa shape index (κ1) is 14.5. The maximum absolute atomic E-state index is 13.0. The van der Waals surface area contributed by atoms with E-state index in [9.17, 15) is 4.39 Å². The van der Waals surface area contributed by atoms with Crippen LogP contribution in [0.3, 0.4) is 0 Å². The summed E-state index contributed by atoms with van der Waals surface area (Å²) in [6.45, 7) is 2.10. The number of hydrogen-bond acceptors (Lipinski definition) is 1. The standard InChI is InChI=1S/C15H14Br2FN/c1-2-14(10-6-8-11(18)9-7-10)19-15-12(16)4-3-5-13(15)17/h3-9,14,19H,2H2,1H3. The van der Waals surface area contributed by atoms with Crippen LogP contribution >= 0.6 is 31.9 Å². The number of anilines is 1. The minimum Gasteiger partial charge on any atom is -0.376 e. The zero-order valence-corrected chi connectivity index (χ0v) is 13.6. The fraction of sp³-hybridized carbons (Fsp3) is 0.200. The highest BCUT2D eigenvalue weighted by Gasteiger charge is 2.12. The van der Waals surface area contributed by atoms with Crippen LogP contribution in [-0.2, 0) is 0 Å². The molecule has 0 bridgehead atoms. The van der Waals surface area contributed by atoms with Crippen LogP contribution in [-0.4, -0.2) is 0 Å². The maximum atomic E-state index is 13.0. The van der Waals surface area contributed by atoms with Gasteiger partial charge < -0.3 is 5.32 Å². The molecule has 0 saturated carbocycles. The topological polar surface area (TPSA) is 12.0 Å². The zero-order chi connectivity index (χ0) is 13.8. The van der Waals surface area contributed by atoms with Crippen LogP contribution in [0.25, 0.3) is 0 Å². The van der Waals surface area contributed by atoms with Crippen molar-refractivity contribution in [1.82, 2.24) is 0 Å². The van der Waals surface area contributed by atoms with E-state index in [0.29, 0.717) is 0 Å². The summed E-state index contributed by atoms with van der Waals surface area (Å²) in [7, 11) is 0. The molecular weight excluding hydrogens is 373 g/mol. The molecule has 100 valence electrons. The van der Waals surface area contributed by atoms with E-state index in [0.717, 1.165) is 26.6 Å². The number of rotatable bonds is 4. The van der Waals surface area contributed by atoms with Gasteiger partial charge in [0.2, 0.25) is 0 Å². The molecule has 1 nitrogen and oxygen atoms in total. The van der Waals surface area contributed by atoms with E-state index in [-0.39, 0.29) is 11.9 Å². The fourth-order valence-corrected chi connectivity index (χ4v) is 3.15. The SMILES string of the molecule is CCC(Nc1c(Br)cccc1Br)c1ccc(F)cc1. The summed E-state index contributed by atoms with van der Waals surface area (Å²) in [4.78, 5) is 0. The van der Waals surface area contributed by atoms with Crippen molar-refractivity contribution >= 4 is 37.5 Å². The summed E-state index contributed by atoms with van der Waals surface area (Å²) in [5, 5.41) is 3.48. The summed E-state index contributed by atoms with van der Waals surface area (Å²) in [6, 6.07) is 12.7. The van der Waals surface area contributed by atoms with Crippen LogP contribution in [0, 0.1) is 5.82 Å². The minimum atomic E-state index is -0.208. The van der Waals surface area contributed by atoms with E-state index in [1.807, 2.05) is 30.3 Å². The molecule has 0 radical (unpaired) electrons. The van der Waals surface area contributed by atoms with Crippen LogP contribution < -0.4 is 5.32 Å². The van der Waals surface area contributed by atoms with Gasteiger partial charge >= 0.3 is 0 Å². The number of benzene rings is 2. The van der Waals surface area contributed by atoms with Gasteiger partial charge in [0.25, 0.3) is 0 Å². The highest BCUT2D eigenvalue weighted by molar-refractivity contribution is 9.11. The Morgan fingerprint density at radius 2 is 1.63 bits per heavy atom. The minimum absolute atomic E-state index is 0.149. The van der Waals surface area contributed by atoms with Crippen molar-refractivity contribution in [2.75, 3.05) is 5.32 Å². The van der Waals surface area contributed by atoms with Crippen LogP contribution in [0.2, 0.25) is 0 Å². The summed E-state index contributed by atoms with van der Waals surface area (Å²) >= 11 is 7.07. The van der Waals surface area contributed by atoms with Gasteiger partial charge in [0.05, 0.1) is 11.7 Å². The fourth-order valence-electron chi connectivity index (χ4n) is 1.93. The zero-order valence-electron chi connectivity index (χ0n) is 10.5. The number of para-hydroxylation sites is 1. The largest absolute Gasteiger partial charge is 0.376 e. The van der Waals surface area contributed by atoms with Crippen molar-refractivity contribution in [3.05, 3.63) is 62.8 Å². The van der Waals surface area contributed by atoms with E-state index in [2.05, 4.69) is 44.1 Å². The Morgan fingerprint density at radius 3 is 2.16 bits per heavy atom. The van der Waals surface area contributed by atoms with E-state index < -0.39 is 0 Å². The van der Waals surface area contributed by atoms with Crippen molar-refractivity contribution in [3.8, 4) is 0 Å². The molecule has 4 heteroatoms. The molecule has 1 unspecified atom stereocenters. The van der Waals surface area contributed by atoms with Gasteiger partial charge in [-0.1, -0.05) is 25.1 Å². The smallest absolute Gasteiger partial charge is 0.123 e. The van der Waals surface area contributed by atoms with Gasteiger partial charge in [-0.3, -0.25) is 0 Å². The third kappa shape index (κ3) is 3.57. The highest BCUT2D eigenvalue weighted by atomic mass is 79.9. The van der Waals surface area contributed by atoms with Crippen LogP contribution in [0.4, 0.5) is 10.1 Å². The van der Waals surface area contributed by atoms with Crippen molar-refractivity contribution < 1.29 is 4.39 Å². The third-order valence-corrected chi connectivity index (χ3v) is 4.28. The molecule has 2 rings (SSSR count). The predicted molar refractivity (Wildman–Crippen MR) is 84.9 cm³/mol. The Hall–Kier alpha value is -0.870. The predicted octanol–water partition coefficient (Wildman–Crippen LogP) is 5.91. The molecule has 0 fully saturated rings. The van der Waals surface area contributed by atoms with Crippen molar-refractivity contribution in [1.29, 1.82) is 0 Å². The number of hydrogen-bond donors (Lipinski definition) is 1. The van der Waals surface area contributed by atoms with Gasteiger partial charge in [-0.15, -0.1) is 0 Å². The summed E-state index contributed by atoms with van der Waals surface area (Å²) in [5.74, 6) is -0.208. The molecule has 2 aromatic rings. The van der Waals surface area contributed by atoms with Crippen molar-refractivity contribution in [2.45, 2.75) is 19.4 Å². The summed E-state index contributed by atoms with van der Waals surface area (Å²) in [6.07, 6.45) is 0.916. The van der Waals surface area contributed by atoms with Gasteiger partial charge in [0.1, 0.15) is 5.82 Å². The number of nitrogens with one attached hydrogen (secondary N) is 1. The average Bonchev–Trinajstić information content (AvgIpc) is 2.40. The normalized spacial score (nSPS) is 12.2. The Bertz CT molecular complexity index is 534. The molecule has 19 heavy (non-hydrogen) atoms. The van der Waals surface area contributed by atoms with Gasteiger partial charge in [-0.05, 0) is 68.1 Å². The molecule has 0 aliphatic carbocycles. The van der Waals surface area contributed by atoms with E-state index in [1.165, 1.54) is 12.1 Å². The van der Waals surface area contributed by atoms with Gasteiger partial charge in [-0.25, -0.2) is 4.39 Å². The monoisotopic (exact) mass is 385 g/mol. The average molecular weight is 387 g/mol. The third-order valence-electron chi connectivity index (χ3n) is 2.96. The van der Waals surface area contributed by atoms with Crippen molar-refractivity contribution in [3.63, 3.8) is 0 Å². The lowest BCUT2D eigenvalue weighted by Crippen LogP contribution is -2.10. The summed E-state index contributed by atoms with van der Waals surface area (Å²) < 4.78 is 15.0. The van der Waals surface area contributed by atoms with Crippen LogP contribution in [0.1, 0.15) is 24.9 Å². The maximum Gasteiger partial charge on any atom is 0.123 e. The van der Waals surface area contributed by atoms with Crippen LogP contribution in [0.15, 0.2) is 51.4 Å². The molecule has 0 amide bonds. The lowest BCUT2D eigenvalue weighted by Gasteiger charge is -2.20. The molecule has 0 spiro atoms. The van der Waals surface area contributed by atoms with E-state index >= 15 is 0 Å². The molecule has 1 N–H and O–H groups in total. The van der Waals surface area contributed by atoms with Gasteiger partial charge in [0.15, 0.2) is 0 Å². The van der Waals surface area contributed by atoms with E-state index in [1.54, 1.807) is 0 Å². The molecule has 2 aromatic carbocycles. The molecule has 0 saturated heterocycles. The quantitative estimate of drug-likeness (QED) is 0.688. The molecule has 0 aliphatic heterocycles. The van der Waals surface area contributed by atoms with Crippen molar-refractivity contribution in [2.24, 2.45) is 0 Å². The Morgan fingerprint density at radius 1 is 1.05 bits per heavy atom. The Kier molecular flexibility index (Phi) is 4.99. The second kappa shape index (κ2) is 6.53. The first-order chi connectivity index (χ1) is 9.11. The van der Waals surface area contributed by atoms with Crippen LogP contribution in [0.5, 0.6) is 0 Å².